The van der Waals surface area contributed by atoms with Crippen molar-refractivity contribution in [2.75, 3.05) is 13.9 Å². The Morgan fingerprint density at radius 2 is 1.95 bits per heavy atom. The second-order valence-electron chi connectivity index (χ2n) is 4.71. The monoisotopic (exact) mass is 263 g/mol. The van der Waals surface area contributed by atoms with Crippen molar-refractivity contribution in [1.29, 1.82) is 0 Å². The lowest BCUT2D eigenvalue weighted by Gasteiger charge is -2.28. The Balaban J connectivity index is 2.59. The van der Waals surface area contributed by atoms with Gasteiger partial charge < -0.3 is 14.8 Å². The highest BCUT2D eigenvalue weighted by Gasteiger charge is 2.19. The normalized spacial score (nSPS) is 15.7. The molecule has 1 N–H and O–H groups in total. The molecule has 0 aromatic heterocycles. The van der Waals surface area contributed by atoms with Crippen LogP contribution in [0.15, 0.2) is 43.0 Å². The van der Waals surface area contributed by atoms with Gasteiger partial charge in [0.2, 0.25) is 0 Å². The topological polar surface area (TPSA) is 30.5 Å². The molecule has 0 bridgehead atoms. The summed E-state index contributed by atoms with van der Waals surface area (Å²) in [5.74, 6) is 0. The largest absolute Gasteiger partial charge is 0.359 e. The molecule has 0 spiro atoms. The third-order valence-electron chi connectivity index (χ3n) is 3.20. The Labute approximate surface area is 116 Å². The van der Waals surface area contributed by atoms with Gasteiger partial charge in [-0.3, -0.25) is 0 Å². The third-order valence-corrected chi connectivity index (χ3v) is 3.20. The zero-order valence-corrected chi connectivity index (χ0v) is 12.1. The average Bonchev–Trinajstić information content (AvgIpc) is 2.45. The van der Waals surface area contributed by atoms with Gasteiger partial charge in [0.05, 0.1) is 6.10 Å². The first kappa shape index (κ1) is 15.9. The van der Waals surface area contributed by atoms with Crippen molar-refractivity contribution in [2.45, 2.75) is 38.5 Å². The molecule has 0 heterocycles. The van der Waals surface area contributed by atoms with E-state index in [9.17, 15) is 0 Å². The summed E-state index contributed by atoms with van der Waals surface area (Å²) < 4.78 is 10.6. The van der Waals surface area contributed by atoms with Crippen LogP contribution in [0.1, 0.15) is 31.9 Å². The van der Waals surface area contributed by atoms with Crippen LogP contribution >= 0.6 is 0 Å². The maximum absolute atomic E-state index is 5.61. The zero-order valence-electron chi connectivity index (χ0n) is 12.1. The zero-order chi connectivity index (χ0) is 14.1. The number of methoxy groups -OCH3 is 1. The van der Waals surface area contributed by atoms with Crippen molar-refractivity contribution < 1.29 is 9.47 Å². The summed E-state index contributed by atoms with van der Waals surface area (Å²) >= 11 is 0. The van der Waals surface area contributed by atoms with Crippen molar-refractivity contribution in [1.82, 2.24) is 5.32 Å². The lowest BCUT2D eigenvalue weighted by molar-refractivity contribution is -0.0769. The molecule has 1 rings (SSSR count). The summed E-state index contributed by atoms with van der Waals surface area (Å²) in [6.45, 7) is 8.35. The van der Waals surface area contributed by atoms with E-state index in [1.807, 2.05) is 12.1 Å². The fourth-order valence-electron chi connectivity index (χ4n) is 2.03. The van der Waals surface area contributed by atoms with E-state index in [0.29, 0.717) is 6.79 Å². The molecule has 1 aromatic rings. The number of nitrogens with one attached hydrogen (secondary N) is 1. The highest BCUT2D eigenvalue weighted by molar-refractivity contribution is 5.18. The van der Waals surface area contributed by atoms with Crippen LogP contribution in [0, 0.1) is 0 Å². The van der Waals surface area contributed by atoms with Crippen LogP contribution in [-0.2, 0) is 9.47 Å². The summed E-state index contributed by atoms with van der Waals surface area (Å²) in [5, 5.41) is 3.59. The van der Waals surface area contributed by atoms with Crippen molar-refractivity contribution in [3.8, 4) is 0 Å². The van der Waals surface area contributed by atoms with Crippen LogP contribution in [0.25, 0.3) is 0 Å². The van der Waals surface area contributed by atoms with Crippen molar-refractivity contribution in [2.24, 2.45) is 0 Å². The quantitative estimate of drug-likeness (QED) is 0.548. The molecule has 0 aliphatic carbocycles. The minimum atomic E-state index is 0.0733. The summed E-state index contributed by atoms with van der Waals surface area (Å²) in [4.78, 5) is 0. The van der Waals surface area contributed by atoms with E-state index in [4.69, 9.17) is 9.47 Å². The minimum Gasteiger partial charge on any atom is -0.359 e. The molecule has 0 unspecified atom stereocenters. The average molecular weight is 263 g/mol. The molecule has 1 aromatic carbocycles. The lowest BCUT2D eigenvalue weighted by atomic mass is 10.0. The van der Waals surface area contributed by atoms with Crippen molar-refractivity contribution >= 4 is 0 Å². The van der Waals surface area contributed by atoms with Gasteiger partial charge in [-0.05, 0) is 25.8 Å². The van der Waals surface area contributed by atoms with Crippen LogP contribution in [0.3, 0.4) is 0 Å². The Bertz CT molecular complexity index is 353. The molecule has 106 valence electrons. The van der Waals surface area contributed by atoms with Crippen LogP contribution in [-0.4, -0.2) is 26.0 Å². The second kappa shape index (κ2) is 8.86. The van der Waals surface area contributed by atoms with E-state index in [2.05, 4.69) is 50.0 Å². The molecule has 0 saturated heterocycles. The molecule has 0 amide bonds. The van der Waals surface area contributed by atoms with E-state index >= 15 is 0 Å². The number of hydrogen-bond acceptors (Lipinski definition) is 3. The number of ether oxygens (including phenoxy) is 2. The summed E-state index contributed by atoms with van der Waals surface area (Å²) in [6.07, 6.45) is 2.86. The van der Waals surface area contributed by atoms with E-state index in [0.717, 1.165) is 6.42 Å². The predicted molar refractivity (Wildman–Crippen MR) is 79.0 cm³/mol. The highest BCUT2D eigenvalue weighted by atomic mass is 16.7. The van der Waals surface area contributed by atoms with Crippen molar-refractivity contribution in [3.05, 3.63) is 48.6 Å². The van der Waals surface area contributed by atoms with E-state index in [1.165, 1.54) is 5.56 Å². The first-order valence-electron chi connectivity index (χ1n) is 6.71. The molecule has 0 aliphatic rings. The Hall–Kier alpha value is -1.16. The van der Waals surface area contributed by atoms with Gasteiger partial charge >= 0.3 is 0 Å². The molecular formula is C16H25NO2. The van der Waals surface area contributed by atoms with Crippen LogP contribution in [0.2, 0.25) is 0 Å². The molecule has 0 saturated carbocycles. The molecule has 3 heteroatoms. The molecule has 0 radical (unpaired) electrons. The summed E-state index contributed by atoms with van der Waals surface area (Å²) in [5.41, 5.74) is 1.27. The first-order chi connectivity index (χ1) is 9.19. The van der Waals surface area contributed by atoms with Gasteiger partial charge in [-0.2, -0.15) is 0 Å². The Kier molecular flexibility index (Phi) is 7.41. The maximum Gasteiger partial charge on any atom is 0.146 e. The standard InChI is InChI=1S/C16H25NO2/c1-5-9-16(14(3)19-12-18-4)17-13(2)15-10-7-6-8-11-15/h5-8,10-11,13-14,16-17H,1,9,12H2,2-4H3/t13-,14+,16-/m1/s1. The maximum atomic E-state index is 5.61. The SMILES string of the molecule is C=CC[C@@H](N[C@H](C)c1ccccc1)[C@H](C)OCOC. The third kappa shape index (κ3) is 5.55. The van der Waals surface area contributed by atoms with Gasteiger partial charge in [-0.1, -0.05) is 36.4 Å². The number of rotatable bonds is 9. The van der Waals surface area contributed by atoms with Gasteiger partial charge in [-0.15, -0.1) is 6.58 Å². The number of hydrogen-bond donors (Lipinski definition) is 1. The molecule has 0 fully saturated rings. The number of benzene rings is 1. The predicted octanol–water partition coefficient (Wildman–Crippen LogP) is 3.29. The molecule has 3 atom stereocenters. The fraction of sp³-hybridized carbons (Fsp3) is 0.500. The molecule has 19 heavy (non-hydrogen) atoms. The second-order valence-corrected chi connectivity index (χ2v) is 4.71. The van der Waals surface area contributed by atoms with Crippen molar-refractivity contribution in [3.63, 3.8) is 0 Å². The first-order valence-corrected chi connectivity index (χ1v) is 6.71. The minimum absolute atomic E-state index is 0.0733. The van der Waals surface area contributed by atoms with Gasteiger partial charge in [0, 0.05) is 19.2 Å². The van der Waals surface area contributed by atoms with E-state index < -0.39 is 0 Å². The Morgan fingerprint density at radius 1 is 1.26 bits per heavy atom. The molecular weight excluding hydrogens is 238 g/mol. The summed E-state index contributed by atoms with van der Waals surface area (Å²) in [7, 11) is 1.63. The van der Waals surface area contributed by atoms with Gasteiger partial charge in [0.15, 0.2) is 0 Å². The van der Waals surface area contributed by atoms with Crippen LogP contribution in [0.4, 0.5) is 0 Å². The lowest BCUT2D eigenvalue weighted by Crippen LogP contribution is -2.41. The van der Waals surface area contributed by atoms with E-state index in [1.54, 1.807) is 7.11 Å². The smallest absolute Gasteiger partial charge is 0.146 e. The van der Waals surface area contributed by atoms with E-state index in [-0.39, 0.29) is 18.2 Å². The van der Waals surface area contributed by atoms with Gasteiger partial charge in [-0.25, -0.2) is 0 Å². The summed E-state index contributed by atoms with van der Waals surface area (Å²) in [6, 6.07) is 10.9. The van der Waals surface area contributed by atoms with Crippen LogP contribution < -0.4 is 5.32 Å². The Morgan fingerprint density at radius 3 is 2.53 bits per heavy atom. The fourth-order valence-corrected chi connectivity index (χ4v) is 2.03. The molecule has 3 nitrogen and oxygen atoms in total. The molecule has 0 aliphatic heterocycles. The van der Waals surface area contributed by atoms with Crippen LogP contribution in [0.5, 0.6) is 0 Å². The highest BCUT2D eigenvalue weighted by Crippen LogP contribution is 2.15. The van der Waals surface area contributed by atoms with Gasteiger partial charge in [0.1, 0.15) is 6.79 Å². The van der Waals surface area contributed by atoms with Gasteiger partial charge in [0.25, 0.3) is 0 Å².